The van der Waals surface area contributed by atoms with Crippen molar-refractivity contribution in [2.45, 2.75) is 6.92 Å². The van der Waals surface area contributed by atoms with E-state index in [1.807, 2.05) is 0 Å². The Morgan fingerprint density at radius 3 is 2.88 bits per heavy atom. The molecule has 0 saturated heterocycles. The quantitative estimate of drug-likeness (QED) is 0.533. The van der Waals surface area contributed by atoms with Crippen molar-refractivity contribution in [3.8, 4) is 0 Å². The Hall–Kier alpha value is -0.700. The molecule has 0 amide bonds. The number of carbonyl (C=O) groups excluding carboxylic acids is 1. The maximum atomic E-state index is 10.5. The highest BCUT2D eigenvalue weighted by Gasteiger charge is 1.96. The topological polar surface area (TPSA) is 30.0 Å². The van der Waals surface area contributed by atoms with Crippen LogP contribution < -0.4 is 0 Å². The monoisotopic (exact) mass is 127 g/mol. The molecule has 0 aromatic carbocycles. The normalized spacial score (nSPS) is 9.12. The number of hydrogen-bond donors (Lipinski definition) is 0. The van der Waals surface area contributed by atoms with Crippen LogP contribution in [-0.4, -0.2) is 10.2 Å². The summed E-state index contributed by atoms with van der Waals surface area (Å²) in [6.07, 6.45) is 1.63. The fourth-order valence-electron chi connectivity index (χ4n) is 0.397. The number of aromatic nitrogens is 1. The smallest absolute Gasteiger partial charge is 0.171 e. The van der Waals surface area contributed by atoms with E-state index in [0.717, 1.165) is 4.88 Å². The highest BCUT2D eigenvalue weighted by molar-refractivity contribution is 7.08. The first-order valence-corrected chi connectivity index (χ1v) is 2.99. The maximum Gasteiger partial charge on any atom is 0.171 e. The summed E-state index contributed by atoms with van der Waals surface area (Å²) in [7, 11) is 0. The third-order valence-electron chi connectivity index (χ3n) is 0.785. The van der Waals surface area contributed by atoms with E-state index in [-0.39, 0.29) is 5.78 Å². The zero-order valence-corrected chi connectivity index (χ0v) is 5.23. The Balaban J connectivity index is 2.93. The molecule has 2 nitrogen and oxygen atoms in total. The summed E-state index contributed by atoms with van der Waals surface area (Å²) in [6.45, 7) is 1.54. The lowest BCUT2D eigenvalue weighted by Crippen LogP contribution is -1.83. The van der Waals surface area contributed by atoms with Gasteiger partial charge in [-0.15, -0.1) is 0 Å². The summed E-state index contributed by atoms with van der Waals surface area (Å²) >= 11 is 1.23. The van der Waals surface area contributed by atoms with E-state index in [1.54, 1.807) is 12.3 Å². The first-order valence-electron chi connectivity index (χ1n) is 2.22. The molecule has 0 aliphatic rings. The van der Waals surface area contributed by atoms with Gasteiger partial charge in [-0.25, -0.2) is 4.37 Å². The van der Waals surface area contributed by atoms with Gasteiger partial charge in [0.2, 0.25) is 0 Å². The molecular formula is C5H5NOS. The minimum atomic E-state index is 0.0903. The van der Waals surface area contributed by atoms with Crippen LogP contribution in [-0.2, 0) is 0 Å². The number of ketones is 1. The molecule has 0 saturated carbocycles. The lowest BCUT2D eigenvalue weighted by molar-refractivity contribution is 0.102. The third-order valence-corrected chi connectivity index (χ3v) is 1.63. The molecule has 42 valence electrons. The summed E-state index contributed by atoms with van der Waals surface area (Å²) in [6, 6.07) is 1.72. The van der Waals surface area contributed by atoms with Gasteiger partial charge in [0, 0.05) is 13.1 Å². The lowest BCUT2D eigenvalue weighted by atomic mass is 10.4. The van der Waals surface area contributed by atoms with Gasteiger partial charge >= 0.3 is 0 Å². The average molecular weight is 127 g/mol. The molecule has 1 heterocycles. The Morgan fingerprint density at radius 2 is 2.62 bits per heavy atom. The molecule has 0 aliphatic heterocycles. The van der Waals surface area contributed by atoms with Crippen LogP contribution in [0.2, 0.25) is 0 Å². The van der Waals surface area contributed by atoms with Crippen molar-refractivity contribution in [3.05, 3.63) is 17.1 Å². The molecule has 0 spiro atoms. The Kier molecular flexibility index (Phi) is 1.39. The van der Waals surface area contributed by atoms with Gasteiger partial charge in [0.15, 0.2) is 5.78 Å². The molecule has 0 unspecified atom stereocenters. The molecule has 1 rings (SSSR count). The molecule has 0 N–H and O–H groups in total. The van der Waals surface area contributed by atoms with Crippen LogP contribution in [0.3, 0.4) is 0 Å². The van der Waals surface area contributed by atoms with Crippen LogP contribution in [0.1, 0.15) is 16.6 Å². The van der Waals surface area contributed by atoms with Crippen molar-refractivity contribution in [1.82, 2.24) is 4.37 Å². The zero-order chi connectivity index (χ0) is 5.98. The second-order valence-electron chi connectivity index (χ2n) is 1.43. The van der Waals surface area contributed by atoms with Crippen molar-refractivity contribution in [1.29, 1.82) is 0 Å². The van der Waals surface area contributed by atoms with Gasteiger partial charge < -0.3 is 0 Å². The van der Waals surface area contributed by atoms with E-state index >= 15 is 0 Å². The van der Waals surface area contributed by atoms with Gasteiger partial charge in [-0.05, 0) is 17.6 Å². The van der Waals surface area contributed by atoms with Gasteiger partial charge in [-0.2, -0.15) is 0 Å². The highest BCUT2D eigenvalue weighted by atomic mass is 32.1. The Bertz CT molecular complexity index is 180. The predicted molar refractivity (Wildman–Crippen MR) is 32.1 cm³/mol. The molecule has 0 atom stereocenters. The summed E-state index contributed by atoms with van der Waals surface area (Å²) in [5, 5.41) is 0. The lowest BCUT2D eigenvalue weighted by Gasteiger charge is -1.77. The van der Waals surface area contributed by atoms with E-state index in [2.05, 4.69) is 4.37 Å². The maximum absolute atomic E-state index is 10.5. The van der Waals surface area contributed by atoms with Crippen molar-refractivity contribution in [2.75, 3.05) is 0 Å². The molecule has 1 aromatic rings. The highest BCUT2D eigenvalue weighted by Crippen LogP contribution is 2.03. The second-order valence-corrected chi connectivity index (χ2v) is 2.27. The summed E-state index contributed by atoms with van der Waals surface area (Å²) in [5.74, 6) is 0.0903. The molecule has 1 aromatic heterocycles. The van der Waals surface area contributed by atoms with Gasteiger partial charge in [0.25, 0.3) is 0 Å². The number of nitrogens with zero attached hydrogens (tertiary/aromatic N) is 1. The van der Waals surface area contributed by atoms with Crippen LogP contribution in [0.15, 0.2) is 12.3 Å². The summed E-state index contributed by atoms with van der Waals surface area (Å²) in [5.41, 5.74) is 0. The number of hydrogen-bond acceptors (Lipinski definition) is 3. The van der Waals surface area contributed by atoms with E-state index in [0.29, 0.717) is 0 Å². The number of carbonyl (C=O) groups is 1. The third kappa shape index (κ3) is 0.924. The molecular weight excluding hydrogens is 122 g/mol. The molecule has 0 radical (unpaired) electrons. The largest absolute Gasteiger partial charge is 0.294 e. The second kappa shape index (κ2) is 2.05. The van der Waals surface area contributed by atoms with Crippen LogP contribution >= 0.6 is 11.5 Å². The average Bonchev–Trinajstić information content (AvgIpc) is 2.12. The van der Waals surface area contributed by atoms with E-state index in [9.17, 15) is 4.79 Å². The molecule has 3 heteroatoms. The summed E-state index contributed by atoms with van der Waals surface area (Å²) < 4.78 is 3.76. The molecule has 8 heavy (non-hydrogen) atoms. The summed E-state index contributed by atoms with van der Waals surface area (Å²) in [4.78, 5) is 11.2. The van der Waals surface area contributed by atoms with Crippen molar-refractivity contribution in [2.24, 2.45) is 0 Å². The van der Waals surface area contributed by atoms with Crippen LogP contribution in [0, 0.1) is 0 Å². The SMILES string of the molecule is CC(=O)c1ccns1. The first-order chi connectivity index (χ1) is 3.80. The van der Waals surface area contributed by atoms with Crippen molar-refractivity contribution in [3.63, 3.8) is 0 Å². The van der Waals surface area contributed by atoms with Crippen LogP contribution in [0.4, 0.5) is 0 Å². The van der Waals surface area contributed by atoms with Gasteiger partial charge in [-0.3, -0.25) is 4.79 Å². The number of rotatable bonds is 1. The van der Waals surface area contributed by atoms with Crippen LogP contribution in [0.5, 0.6) is 0 Å². The minimum absolute atomic E-state index is 0.0903. The number of Topliss-reactive ketones (excluding diaryl/α,β-unsaturated/α-hetero) is 1. The Labute approximate surface area is 51.3 Å². The van der Waals surface area contributed by atoms with Gasteiger partial charge in [0.05, 0.1) is 4.88 Å². The van der Waals surface area contributed by atoms with E-state index in [4.69, 9.17) is 0 Å². The Morgan fingerprint density at radius 1 is 1.88 bits per heavy atom. The molecule has 0 aliphatic carbocycles. The van der Waals surface area contributed by atoms with E-state index in [1.165, 1.54) is 18.5 Å². The minimum Gasteiger partial charge on any atom is -0.294 e. The zero-order valence-electron chi connectivity index (χ0n) is 4.42. The van der Waals surface area contributed by atoms with Crippen molar-refractivity contribution >= 4 is 17.3 Å². The fraction of sp³-hybridized carbons (Fsp3) is 0.200. The molecule has 0 bridgehead atoms. The van der Waals surface area contributed by atoms with Gasteiger partial charge in [0.1, 0.15) is 0 Å². The molecule has 0 fully saturated rings. The van der Waals surface area contributed by atoms with E-state index < -0.39 is 0 Å². The predicted octanol–water partition coefficient (Wildman–Crippen LogP) is 1.35. The fourth-order valence-corrected chi connectivity index (χ4v) is 0.883. The standard InChI is InChI=1S/C5H5NOS/c1-4(7)5-2-3-6-8-5/h2-3H,1H3. The van der Waals surface area contributed by atoms with Crippen LogP contribution in [0.25, 0.3) is 0 Å². The van der Waals surface area contributed by atoms with Crippen molar-refractivity contribution < 1.29 is 4.79 Å². The van der Waals surface area contributed by atoms with Gasteiger partial charge in [-0.1, -0.05) is 0 Å². The first kappa shape index (κ1) is 5.44.